The molecule has 9 heteroatoms. The highest BCUT2D eigenvalue weighted by Crippen LogP contribution is 2.24. The van der Waals surface area contributed by atoms with Crippen LogP contribution in [0.3, 0.4) is 0 Å². The first-order chi connectivity index (χ1) is 16.3. The molecular formula is C25H27N3O4S2. The number of amides is 1. The van der Waals surface area contributed by atoms with Gasteiger partial charge in [-0.1, -0.05) is 42.5 Å². The molecule has 0 bridgehead atoms. The van der Waals surface area contributed by atoms with Crippen LogP contribution in [-0.2, 0) is 21.4 Å². The standard InChI is InChI=1S/C25H27N3O4S2/c1-19-15-23(13-14-24(19)32-2)34(30,31)28(17-21-7-5-4-6-8-21)18-25(29)27-26-16-20-9-11-22(33-3)12-10-20/h4-16H,17-18H2,1-3H3,(H,27,29). The minimum absolute atomic E-state index is 0.0432. The Balaban J connectivity index is 1.78. The Morgan fingerprint density at radius 2 is 1.79 bits per heavy atom. The number of carbonyl (C=O) groups excluding carboxylic acids is 1. The van der Waals surface area contributed by atoms with Crippen molar-refractivity contribution in [3.63, 3.8) is 0 Å². The summed E-state index contributed by atoms with van der Waals surface area (Å²) in [5, 5.41) is 3.98. The van der Waals surface area contributed by atoms with Crippen LogP contribution in [-0.4, -0.2) is 44.8 Å². The van der Waals surface area contributed by atoms with E-state index in [0.717, 1.165) is 20.3 Å². The number of carbonyl (C=O) groups is 1. The molecule has 3 rings (SSSR count). The average molecular weight is 498 g/mol. The van der Waals surface area contributed by atoms with Gasteiger partial charge in [0.15, 0.2) is 0 Å². The number of hydrogen-bond acceptors (Lipinski definition) is 6. The molecule has 0 aliphatic rings. The van der Waals surface area contributed by atoms with Crippen molar-refractivity contribution in [1.82, 2.24) is 9.73 Å². The lowest BCUT2D eigenvalue weighted by Gasteiger charge is -2.22. The van der Waals surface area contributed by atoms with E-state index in [2.05, 4.69) is 10.5 Å². The Labute approximate surface area is 204 Å². The number of benzene rings is 3. The number of nitrogens with one attached hydrogen (secondary N) is 1. The summed E-state index contributed by atoms with van der Waals surface area (Å²) in [5.74, 6) is 0.0490. The SMILES string of the molecule is COc1ccc(S(=O)(=O)N(CC(=O)NN=Cc2ccc(SC)cc2)Cc2ccccc2)cc1C. The molecule has 0 fully saturated rings. The minimum atomic E-state index is -3.96. The second-order valence-electron chi connectivity index (χ2n) is 7.46. The number of rotatable bonds is 10. The summed E-state index contributed by atoms with van der Waals surface area (Å²) in [5.41, 5.74) is 4.70. The van der Waals surface area contributed by atoms with Crippen LogP contribution in [0, 0.1) is 6.92 Å². The fraction of sp³-hybridized carbons (Fsp3) is 0.200. The van der Waals surface area contributed by atoms with E-state index < -0.39 is 15.9 Å². The van der Waals surface area contributed by atoms with E-state index in [0.29, 0.717) is 11.3 Å². The van der Waals surface area contributed by atoms with E-state index >= 15 is 0 Å². The van der Waals surface area contributed by atoms with Gasteiger partial charge in [-0.05, 0) is 60.2 Å². The molecule has 0 saturated heterocycles. The third-order valence-electron chi connectivity index (χ3n) is 5.04. The van der Waals surface area contributed by atoms with Crippen LogP contribution in [0.2, 0.25) is 0 Å². The summed E-state index contributed by atoms with van der Waals surface area (Å²) >= 11 is 1.63. The molecule has 0 heterocycles. The Kier molecular flexibility index (Phi) is 8.86. The smallest absolute Gasteiger partial charge is 0.255 e. The van der Waals surface area contributed by atoms with Crippen molar-refractivity contribution >= 4 is 33.9 Å². The van der Waals surface area contributed by atoms with Gasteiger partial charge in [0.25, 0.3) is 5.91 Å². The lowest BCUT2D eigenvalue weighted by atomic mass is 10.2. The first kappa shape index (κ1) is 25.5. The molecule has 0 spiro atoms. The molecule has 0 aliphatic carbocycles. The maximum Gasteiger partial charge on any atom is 0.255 e. The molecule has 34 heavy (non-hydrogen) atoms. The third-order valence-corrected chi connectivity index (χ3v) is 7.58. The van der Waals surface area contributed by atoms with Crippen LogP contribution < -0.4 is 10.2 Å². The summed E-state index contributed by atoms with van der Waals surface area (Å²) < 4.78 is 33.3. The zero-order valence-corrected chi connectivity index (χ0v) is 20.9. The number of ether oxygens (including phenoxy) is 1. The number of hydrogen-bond donors (Lipinski definition) is 1. The second-order valence-corrected chi connectivity index (χ2v) is 10.3. The highest BCUT2D eigenvalue weighted by Gasteiger charge is 2.27. The van der Waals surface area contributed by atoms with Crippen molar-refractivity contribution in [3.05, 3.63) is 89.5 Å². The monoisotopic (exact) mass is 497 g/mol. The van der Waals surface area contributed by atoms with E-state index in [1.54, 1.807) is 30.8 Å². The summed E-state index contributed by atoms with van der Waals surface area (Å²) in [6.45, 7) is 1.43. The molecule has 0 atom stereocenters. The van der Waals surface area contributed by atoms with Gasteiger partial charge in [-0.3, -0.25) is 4.79 Å². The van der Waals surface area contributed by atoms with Crippen molar-refractivity contribution < 1.29 is 17.9 Å². The molecule has 1 N–H and O–H groups in total. The number of aryl methyl sites for hydroxylation is 1. The molecular weight excluding hydrogens is 470 g/mol. The Hall–Kier alpha value is -3.14. The normalized spacial score (nSPS) is 11.6. The number of sulfonamides is 1. The summed E-state index contributed by atoms with van der Waals surface area (Å²) in [6.07, 6.45) is 3.51. The highest BCUT2D eigenvalue weighted by atomic mass is 32.2. The van der Waals surface area contributed by atoms with E-state index in [-0.39, 0.29) is 18.0 Å². The van der Waals surface area contributed by atoms with Gasteiger partial charge in [-0.2, -0.15) is 9.41 Å². The van der Waals surface area contributed by atoms with Gasteiger partial charge >= 0.3 is 0 Å². The fourth-order valence-corrected chi connectivity index (χ4v) is 5.12. The molecule has 0 radical (unpaired) electrons. The molecule has 178 valence electrons. The number of thioether (sulfide) groups is 1. The molecule has 1 amide bonds. The fourth-order valence-electron chi connectivity index (χ4n) is 3.24. The van der Waals surface area contributed by atoms with Gasteiger partial charge in [-0.15, -0.1) is 11.8 Å². The number of methoxy groups -OCH3 is 1. The van der Waals surface area contributed by atoms with Gasteiger partial charge in [0.1, 0.15) is 5.75 Å². The first-order valence-electron chi connectivity index (χ1n) is 10.5. The largest absolute Gasteiger partial charge is 0.496 e. The quantitative estimate of drug-likeness (QED) is 0.259. The van der Waals surface area contributed by atoms with Crippen LogP contribution in [0.25, 0.3) is 0 Å². The molecule has 7 nitrogen and oxygen atoms in total. The predicted molar refractivity (Wildman–Crippen MR) is 136 cm³/mol. The van der Waals surface area contributed by atoms with Gasteiger partial charge < -0.3 is 4.74 Å². The van der Waals surface area contributed by atoms with E-state index in [1.807, 2.05) is 60.9 Å². The number of nitrogens with zero attached hydrogens (tertiary/aromatic N) is 2. The topological polar surface area (TPSA) is 88.1 Å². The second kappa shape index (κ2) is 11.8. The maximum absolute atomic E-state index is 13.4. The van der Waals surface area contributed by atoms with Crippen LogP contribution in [0.15, 0.2) is 87.7 Å². The van der Waals surface area contributed by atoms with Crippen molar-refractivity contribution in [2.24, 2.45) is 5.10 Å². The van der Waals surface area contributed by atoms with Gasteiger partial charge in [0.2, 0.25) is 10.0 Å². The van der Waals surface area contributed by atoms with E-state index in [9.17, 15) is 13.2 Å². The lowest BCUT2D eigenvalue weighted by molar-refractivity contribution is -0.121. The highest BCUT2D eigenvalue weighted by molar-refractivity contribution is 7.98. The van der Waals surface area contributed by atoms with E-state index in [1.165, 1.54) is 19.4 Å². The Morgan fingerprint density at radius 3 is 2.41 bits per heavy atom. The predicted octanol–water partition coefficient (Wildman–Crippen LogP) is 4.07. The molecule has 0 unspecified atom stereocenters. The van der Waals surface area contributed by atoms with Crippen LogP contribution >= 0.6 is 11.8 Å². The first-order valence-corrected chi connectivity index (χ1v) is 13.1. The van der Waals surface area contributed by atoms with Crippen LogP contribution in [0.5, 0.6) is 5.75 Å². The van der Waals surface area contributed by atoms with Crippen LogP contribution in [0.1, 0.15) is 16.7 Å². The average Bonchev–Trinajstić information content (AvgIpc) is 2.84. The van der Waals surface area contributed by atoms with Crippen LogP contribution in [0.4, 0.5) is 0 Å². The molecule has 0 aliphatic heterocycles. The maximum atomic E-state index is 13.4. The lowest BCUT2D eigenvalue weighted by Crippen LogP contribution is -2.39. The van der Waals surface area contributed by atoms with Crippen molar-refractivity contribution in [2.45, 2.75) is 23.3 Å². The zero-order chi connectivity index (χ0) is 24.6. The summed E-state index contributed by atoms with van der Waals surface area (Å²) in [7, 11) is -2.44. The summed E-state index contributed by atoms with van der Waals surface area (Å²) in [4.78, 5) is 13.8. The summed E-state index contributed by atoms with van der Waals surface area (Å²) in [6, 6.07) is 21.4. The van der Waals surface area contributed by atoms with Gasteiger partial charge in [0, 0.05) is 11.4 Å². The van der Waals surface area contributed by atoms with E-state index in [4.69, 9.17) is 4.74 Å². The molecule has 0 aromatic heterocycles. The minimum Gasteiger partial charge on any atom is -0.496 e. The number of hydrazone groups is 1. The molecule has 3 aromatic carbocycles. The van der Waals surface area contributed by atoms with Gasteiger partial charge in [-0.25, -0.2) is 13.8 Å². The zero-order valence-electron chi connectivity index (χ0n) is 19.3. The third kappa shape index (κ3) is 6.69. The van der Waals surface area contributed by atoms with Crippen molar-refractivity contribution in [1.29, 1.82) is 0 Å². The van der Waals surface area contributed by atoms with Crippen molar-refractivity contribution in [3.8, 4) is 5.75 Å². The molecule has 0 saturated carbocycles. The van der Waals surface area contributed by atoms with Gasteiger partial charge in [0.05, 0.1) is 24.8 Å². The van der Waals surface area contributed by atoms with Crippen molar-refractivity contribution in [2.75, 3.05) is 19.9 Å². The Morgan fingerprint density at radius 1 is 1.09 bits per heavy atom. The Bertz CT molecular complexity index is 1240. The molecule has 3 aromatic rings.